The molecule has 0 saturated heterocycles. The molecule has 0 radical (unpaired) electrons. The Morgan fingerprint density at radius 3 is 2.47 bits per heavy atom. The van der Waals surface area contributed by atoms with Gasteiger partial charge in [-0.05, 0) is 31.5 Å². The fourth-order valence-electron chi connectivity index (χ4n) is 1.19. The topological polar surface area (TPSA) is 52.3 Å². The Balaban J connectivity index is 2.94. The molecule has 0 aliphatic carbocycles. The predicted octanol–water partition coefficient (Wildman–Crippen LogP) is 2.08. The van der Waals surface area contributed by atoms with Crippen LogP contribution in [0.25, 0.3) is 0 Å². The van der Waals surface area contributed by atoms with Crippen LogP contribution in [0.1, 0.15) is 19.4 Å². The van der Waals surface area contributed by atoms with Gasteiger partial charge in [-0.3, -0.25) is 0 Å². The van der Waals surface area contributed by atoms with Gasteiger partial charge < -0.3 is 10.5 Å². The predicted molar refractivity (Wildman–Crippen MR) is 59.6 cm³/mol. The number of hydrogen-bond acceptors (Lipinski definition) is 3. The van der Waals surface area contributed by atoms with Crippen molar-refractivity contribution in [1.82, 2.24) is 0 Å². The summed E-state index contributed by atoms with van der Waals surface area (Å²) in [4.78, 5) is 11.6. The SMILES string of the molecule is CCOC(=O)[C@](C)(N)c1ccc(Cl)cc1. The minimum absolute atomic E-state index is 0.319. The van der Waals surface area contributed by atoms with Crippen molar-refractivity contribution in [3.05, 3.63) is 34.9 Å². The average Bonchev–Trinajstić information content (AvgIpc) is 2.18. The molecule has 2 N–H and O–H groups in total. The van der Waals surface area contributed by atoms with Crippen LogP contribution in [0.2, 0.25) is 5.02 Å². The molecule has 0 fully saturated rings. The number of hydrogen-bond donors (Lipinski definition) is 1. The van der Waals surface area contributed by atoms with Gasteiger partial charge in [0.25, 0.3) is 0 Å². The summed E-state index contributed by atoms with van der Waals surface area (Å²) in [6, 6.07) is 6.83. The van der Waals surface area contributed by atoms with E-state index in [-0.39, 0.29) is 0 Å². The monoisotopic (exact) mass is 227 g/mol. The van der Waals surface area contributed by atoms with E-state index in [1.807, 2.05) is 0 Å². The largest absolute Gasteiger partial charge is 0.464 e. The first kappa shape index (κ1) is 12.0. The molecule has 0 saturated carbocycles. The van der Waals surface area contributed by atoms with Gasteiger partial charge in [0.15, 0.2) is 0 Å². The van der Waals surface area contributed by atoms with E-state index in [0.29, 0.717) is 17.2 Å². The number of rotatable bonds is 3. The second kappa shape index (κ2) is 4.64. The van der Waals surface area contributed by atoms with E-state index in [1.165, 1.54) is 0 Å². The summed E-state index contributed by atoms with van der Waals surface area (Å²) in [5.41, 5.74) is 5.46. The van der Waals surface area contributed by atoms with Gasteiger partial charge in [0, 0.05) is 5.02 Å². The summed E-state index contributed by atoms with van der Waals surface area (Å²) in [6.07, 6.45) is 0. The van der Waals surface area contributed by atoms with Crippen LogP contribution in [-0.4, -0.2) is 12.6 Å². The van der Waals surface area contributed by atoms with Gasteiger partial charge >= 0.3 is 5.97 Å². The van der Waals surface area contributed by atoms with Gasteiger partial charge in [0.1, 0.15) is 5.54 Å². The third kappa shape index (κ3) is 2.70. The Morgan fingerprint density at radius 1 is 1.47 bits per heavy atom. The Hall–Kier alpha value is -1.06. The molecule has 0 amide bonds. The maximum atomic E-state index is 11.6. The van der Waals surface area contributed by atoms with Crippen molar-refractivity contribution in [2.75, 3.05) is 6.61 Å². The van der Waals surface area contributed by atoms with E-state index >= 15 is 0 Å². The highest BCUT2D eigenvalue weighted by atomic mass is 35.5. The third-order valence-corrected chi connectivity index (χ3v) is 2.40. The molecule has 4 heteroatoms. The summed E-state index contributed by atoms with van der Waals surface area (Å²) in [6.45, 7) is 3.68. The van der Waals surface area contributed by atoms with Crippen molar-refractivity contribution >= 4 is 17.6 Å². The summed E-state index contributed by atoms with van der Waals surface area (Å²) >= 11 is 5.75. The van der Waals surface area contributed by atoms with Crippen LogP contribution in [0.15, 0.2) is 24.3 Å². The molecular formula is C11H14ClNO2. The number of benzene rings is 1. The summed E-state index contributed by atoms with van der Waals surface area (Å²) in [5, 5.41) is 0.610. The Labute approximate surface area is 94.2 Å². The van der Waals surface area contributed by atoms with Crippen molar-refractivity contribution < 1.29 is 9.53 Å². The standard InChI is InChI=1S/C11H14ClNO2/c1-3-15-10(14)11(2,13)8-4-6-9(12)7-5-8/h4-7H,3,13H2,1-2H3/t11-/m1/s1. The van der Waals surface area contributed by atoms with Gasteiger partial charge in [-0.1, -0.05) is 23.7 Å². The van der Waals surface area contributed by atoms with Crippen molar-refractivity contribution in [3.8, 4) is 0 Å². The highest BCUT2D eigenvalue weighted by Crippen LogP contribution is 2.21. The molecule has 15 heavy (non-hydrogen) atoms. The van der Waals surface area contributed by atoms with Crippen molar-refractivity contribution in [2.45, 2.75) is 19.4 Å². The normalized spacial score (nSPS) is 14.4. The first-order chi connectivity index (χ1) is 6.98. The maximum Gasteiger partial charge on any atom is 0.330 e. The summed E-state index contributed by atoms with van der Waals surface area (Å²) < 4.78 is 4.89. The zero-order chi connectivity index (χ0) is 11.5. The van der Waals surface area contributed by atoms with E-state index in [4.69, 9.17) is 22.1 Å². The molecule has 1 atom stereocenters. The lowest BCUT2D eigenvalue weighted by atomic mass is 9.93. The van der Waals surface area contributed by atoms with Crippen LogP contribution in [-0.2, 0) is 15.1 Å². The van der Waals surface area contributed by atoms with Crippen LogP contribution >= 0.6 is 11.6 Å². The van der Waals surface area contributed by atoms with Crippen molar-refractivity contribution in [3.63, 3.8) is 0 Å². The van der Waals surface area contributed by atoms with E-state index in [0.717, 1.165) is 0 Å². The molecule has 0 spiro atoms. The Morgan fingerprint density at radius 2 is 2.00 bits per heavy atom. The second-order valence-electron chi connectivity index (χ2n) is 3.43. The van der Waals surface area contributed by atoms with Gasteiger partial charge in [-0.2, -0.15) is 0 Å². The van der Waals surface area contributed by atoms with Gasteiger partial charge in [0.2, 0.25) is 0 Å². The molecule has 0 unspecified atom stereocenters. The first-order valence-electron chi connectivity index (χ1n) is 4.70. The van der Waals surface area contributed by atoms with Crippen LogP contribution in [0.3, 0.4) is 0 Å². The number of carbonyl (C=O) groups is 1. The zero-order valence-corrected chi connectivity index (χ0v) is 9.54. The molecule has 3 nitrogen and oxygen atoms in total. The Kier molecular flexibility index (Phi) is 3.72. The van der Waals surface area contributed by atoms with Crippen molar-refractivity contribution in [2.24, 2.45) is 5.73 Å². The minimum atomic E-state index is -1.12. The lowest BCUT2D eigenvalue weighted by molar-refractivity contribution is -0.149. The molecule has 0 aromatic heterocycles. The molecule has 1 aromatic rings. The van der Waals surface area contributed by atoms with Gasteiger partial charge in [-0.25, -0.2) is 4.79 Å². The molecule has 0 heterocycles. The minimum Gasteiger partial charge on any atom is -0.464 e. The zero-order valence-electron chi connectivity index (χ0n) is 8.79. The van der Waals surface area contributed by atoms with Crippen LogP contribution < -0.4 is 5.73 Å². The molecule has 0 aliphatic rings. The van der Waals surface area contributed by atoms with Crippen LogP contribution in [0, 0.1) is 0 Å². The number of nitrogens with two attached hydrogens (primary N) is 1. The summed E-state index contributed by atoms with van der Waals surface area (Å²) in [7, 11) is 0. The number of carbonyl (C=O) groups excluding carboxylic acids is 1. The maximum absolute atomic E-state index is 11.6. The molecular weight excluding hydrogens is 214 g/mol. The van der Waals surface area contributed by atoms with Crippen molar-refractivity contribution in [1.29, 1.82) is 0 Å². The van der Waals surface area contributed by atoms with Gasteiger partial charge in [0.05, 0.1) is 6.61 Å². The average molecular weight is 228 g/mol. The quantitative estimate of drug-likeness (QED) is 0.805. The third-order valence-electron chi connectivity index (χ3n) is 2.14. The second-order valence-corrected chi connectivity index (χ2v) is 3.87. The highest BCUT2D eigenvalue weighted by molar-refractivity contribution is 6.30. The van der Waals surface area contributed by atoms with E-state index in [2.05, 4.69) is 0 Å². The van der Waals surface area contributed by atoms with E-state index in [1.54, 1.807) is 38.1 Å². The fraction of sp³-hybridized carbons (Fsp3) is 0.364. The molecule has 82 valence electrons. The van der Waals surface area contributed by atoms with E-state index < -0.39 is 11.5 Å². The number of halogens is 1. The van der Waals surface area contributed by atoms with Crippen LogP contribution in [0.5, 0.6) is 0 Å². The Bertz CT molecular complexity index is 346. The smallest absolute Gasteiger partial charge is 0.330 e. The van der Waals surface area contributed by atoms with E-state index in [9.17, 15) is 4.79 Å². The summed E-state index contributed by atoms with van der Waals surface area (Å²) in [5.74, 6) is -0.438. The first-order valence-corrected chi connectivity index (χ1v) is 5.08. The molecule has 1 rings (SSSR count). The molecule has 0 aliphatic heterocycles. The fourth-order valence-corrected chi connectivity index (χ4v) is 1.32. The number of esters is 1. The lowest BCUT2D eigenvalue weighted by Gasteiger charge is -2.22. The molecule has 0 bridgehead atoms. The highest BCUT2D eigenvalue weighted by Gasteiger charge is 2.31. The number of ether oxygens (including phenoxy) is 1. The molecule has 1 aromatic carbocycles. The van der Waals surface area contributed by atoms with Crippen LogP contribution in [0.4, 0.5) is 0 Å². The van der Waals surface area contributed by atoms with Gasteiger partial charge in [-0.15, -0.1) is 0 Å². The lowest BCUT2D eigenvalue weighted by Crippen LogP contribution is -2.43.